The van der Waals surface area contributed by atoms with Crippen molar-refractivity contribution in [2.45, 2.75) is 71.3 Å². The lowest BCUT2D eigenvalue weighted by Gasteiger charge is -2.21. The largest absolute Gasteiger partial charge is 0.353 e. The number of amides is 1. The Morgan fingerprint density at radius 3 is 2.56 bits per heavy atom. The second-order valence-electron chi connectivity index (χ2n) is 5.79. The highest BCUT2D eigenvalue weighted by molar-refractivity contribution is 5.76. The van der Waals surface area contributed by atoms with Gasteiger partial charge in [-0.15, -0.1) is 0 Å². The van der Waals surface area contributed by atoms with Crippen LogP contribution in [0.15, 0.2) is 0 Å². The van der Waals surface area contributed by atoms with Crippen LogP contribution < -0.4 is 11.1 Å². The average molecular weight is 254 g/mol. The van der Waals surface area contributed by atoms with E-state index < -0.39 is 0 Å². The number of rotatable bonds is 8. The molecule has 1 rings (SSSR count). The van der Waals surface area contributed by atoms with E-state index >= 15 is 0 Å². The first-order chi connectivity index (χ1) is 8.67. The van der Waals surface area contributed by atoms with E-state index in [0.29, 0.717) is 24.3 Å². The molecule has 0 aliphatic heterocycles. The third-order valence-corrected chi connectivity index (χ3v) is 4.43. The van der Waals surface area contributed by atoms with Crippen molar-refractivity contribution < 1.29 is 4.79 Å². The van der Waals surface area contributed by atoms with Gasteiger partial charge in [0, 0.05) is 12.5 Å². The normalized spacial score (nSPS) is 19.7. The van der Waals surface area contributed by atoms with Gasteiger partial charge < -0.3 is 11.1 Å². The molecule has 0 bridgehead atoms. The maximum absolute atomic E-state index is 11.9. The van der Waals surface area contributed by atoms with Crippen LogP contribution in [0.25, 0.3) is 0 Å². The molecule has 1 aliphatic carbocycles. The molecule has 3 heteroatoms. The zero-order chi connectivity index (χ0) is 13.4. The molecular formula is C15H30N2O. The predicted molar refractivity (Wildman–Crippen MR) is 76.2 cm³/mol. The molecular weight excluding hydrogens is 224 g/mol. The van der Waals surface area contributed by atoms with Crippen LogP contribution in [0.1, 0.15) is 65.2 Å². The van der Waals surface area contributed by atoms with Crippen LogP contribution in [-0.4, -0.2) is 18.5 Å². The summed E-state index contributed by atoms with van der Waals surface area (Å²) in [6, 6.07) is 0.356. The molecule has 1 amide bonds. The lowest BCUT2D eigenvalue weighted by atomic mass is 9.96. The highest BCUT2D eigenvalue weighted by Gasteiger charge is 2.22. The monoisotopic (exact) mass is 254 g/mol. The summed E-state index contributed by atoms with van der Waals surface area (Å²) in [7, 11) is 0. The van der Waals surface area contributed by atoms with Crippen molar-refractivity contribution >= 4 is 5.91 Å². The first-order valence-corrected chi connectivity index (χ1v) is 7.66. The first kappa shape index (κ1) is 15.5. The van der Waals surface area contributed by atoms with E-state index in [0.717, 1.165) is 25.8 Å². The summed E-state index contributed by atoms with van der Waals surface area (Å²) in [5, 5.41) is 3.17. The number of nitrogens with one attached hydrogen (secondary N) is 1. The van der Waals surface area contributed by atoms with Gasteiger partial charge in [-0.2, -0.15) is 0 Å². The summed E-state index contributed by atoms with van der Waals surface area (Å²) in [5.41, 5.74) is 5.57. The molecule has 3 nitrogen and oxygen atoms in total. The van der Waals surface area contributed by atoms with Crippen molar-refractivity contribution in [3.63, 3.8) is 0 Å². The molecule has 0 radical (unpaired) electrons. The lowest BCUT2D eigenvalue weighted by Crippen LogP contribution is -2.37. The molecule has 0 aromatic carbocycles. The molecule has 2 atom stereocenters. The molecule has 3 N–H and O–H groups in total. The Hall–Kier alpha value is -0.570. The predicted octanol–water partition coefficient (Wildman–Crippen LogP) is 2.84. The van der Waals surface area contributed by atoms with Crippen LogP contribution >= 0.6 is 0 Å². The maximum Gasteiger partial charge on any atom is 0.220 e. The molecule has 1 aliphatic rings. The molecule has 106 valence electrons. The second kappa shape index (κ2) is 8.52. The van der Waals surface area contributed by atoms with Gasteiger partial charge in [-0.25, -0.2) is 0 Å². The van der Waals surface area contributed by atoms with Crippen LogP contribution in [0.4, 0.5) is 0 Å². The van der Waals surface area contributed by atoms with Crippen molar-refractivity contribution in [3.8, 4) is 0 Å². The van der Waals surface area contributed by atoms with E-state index in [1.807, 2.05) is 0 Å². The van der Waals surface area contributed by atoms with Crippen LogP contribution in [0.5, 0.6) is 0 Å². The Bertz CT molecular complexity index is 237. The molecule has 1 fully saturated rings. The fourth-order valence-electron chi connectivity index (χ4n) is 3.02. The number of carbonyl (C=O) groups is 1. The number of nitrogens with two attached hydrogens (primary N) is 1. The summed E-state index contributed by atoms with van der Waals surface area (Å²) in [6.07, 6.45) is 9.05. The molecule has 0 aromatic rings. The van der Waals surface area contributed by atoms with Gasteiger partial charge in [0.05, 0.1) is 0 Å². The average Bonchev–Trinajstić information content (AvgIpc) is 2.88. The van der Waals surface area contributed by atoms with Crippen LogP contribution in [0.3, 0.4) is 0 Å². The van der Waals surface area contributed by atoms with E-state index in [1.54, 1.807) is 0 Å². The standard InChI is InChI=1S/C15H30N2O/c1-3-13(10-11-16)8-9-15(18)17-12(2)14-6-4-5-7-14/h12-14H,3-11,16H2,1-2H3,(H,17,18)/t12-,13?/m0/s1. The van der Waals surface area contributed by atoms with Crippen molar-refractivity contribution in [2.24, 2.45) is 17.6 Å². The van der Waals surface area contributed by atoms with Crippen LogP contribution in [-0.2, 0) is 4.79 Å². The Morgan fingerprint density at radius 2 is 2.00 bits per heavy atom. The van der Waals surface area contributed by atoms with Crippen molar-refractivity contribution in [1.29, 1.82) is 0 Å². The van der Waals surface area contributed by atoms with Gasteiger partial charge in [0.2, 0.25) is 5.91 Å². The van der Waals surface area contributed by atoms with E-state index in [-0.39, 0.29) is 5.91 Å². The zero-order valence-corrected chi connectivity index (χ0v) is 12.1. The van der Waals surface area contributed by atoms with Gasteiger partial charge in [0.15, 0.2) is 0 Å². The Labute approximate surface area is 112 Å². The molecule has 0 saturated heterocycles. The fourth-order valence-corrected chi connectivity index (χ4v) is 3.02. The van der Waals surface area contributed by atoms with Crippen molar-refractivity contribution in [1.82, 2.24) is 5.32 Å². The zero-order valence-electron chi connectivity index (χ0n) is 12.1. The molecule has 1 saturated carbocycles. The van der Waals surface area contributed by atoms with Gasteiger partial charge >= 0.3 is 0 Å². The fraction of sp³-hybridized carbons (Fsp3) is 0.933. The van der Waals surface area contributed by atoms with Crippen LogP contribution in [0, 0.1) is 11.8 Å². The molecule has 18 heavy (non-hydrogen) atoms. The summed E-state index contributed by atoms with van der Waals surface area (Å²) in [5.74, 6) is 1.55. The molecule has 0 heterocycles. The Morgan fingerprint density at radius 1 is 1.33 bits per heavy atom. The van der Waals surface area contributed by atoms with E-state index in [4.69, 9.17) is 5.73 Å². The van der Waals surface area contributed by atoms with Gasteiger partial charge in [-0.1, -0.05) is 26.2 Å². The first-order valence-electron chi connectivity index (χ1n) is 7.66. The third kappa shape index (κ3) is 5.38. The third-order valence-electron chi connectivity index (χ3n) is 4.43. The van der Waals surface area contributed by atoms with E-state index in [2.05, 4.69) is 19.2 Å². The molecule has 0 aromatic heterocycles. The Balaban J connectivity index is 2.19. The SMILES string of the molecule is CCC(CCN)CCC(=O)N[C@@H](C)C1CCCC1. The minimum atomic E-state index is 0.227. The molecule has 0 spiro atoms. The van der Waals surface area contributed by atoms with E-state index in [9.17, 15) is 4.79 Å². The van der Waals surface area contributed by atoms with Gasteiger partial charge in [-0.05, 0) is 51.0 Å². The highest BCUT2D eigenvalue weighted by atomic mass is 16.1. The number of hydrogen-bond donors (Lipinski definition) is 2. The quantitative estimate of drug-likeness (QED) is 0.700. The van der Waals surface area contributed by atoms with Crippen molar-refractivity contribution in [3.05, 3.63) is 0 Å². The maximum atomic E-state index is 11.9. The topological polar surface area (TPSA) is 55.1 Å². The minimum absolute atomic E-state index is 0.227. The van der Waals surface area contributed by atoms with E-state index in [1.165, 1.54) is 25.7 Å². The Kier molecular flexibility index (Phi) is 7.33. The number of carbonyl (C=O) groups excluding carboxylic acids is 1. The smallest absolute Gasteiger partial charge is 0.220 e. The van der Waals surface area contributed by atoms with Gasteiger partial charge in [-0.3, -0.25) is 4.79 Å². The van der Waals surface area contributed by atoms with Gasteiger partial charge in [0.25, 0.3) is 0 Å². The minimum Gasteiger partial charge on any atom is -0.353 e. The number of hydrogen-bond acceptors (Lipinski definition) is 2. The second-order valence-corrected chi connectivity index (χ2v) is 5.79. The van der Waals surface area contributed by atoms with Crippen LogP contribution in [0.2, 0.25) is 0 Å². The summed E-state index contributed by atoms with van der Waals surface area (Å²) < 4.78 is 0. The molecule has 1 unspecified atom stereocenters. The summed E-state index contributed by atoms with van der Waals surface area (Å²) >= 11 is 0. The lowest BCUT2D eigenvalue weighted by molar-refractivity contribution is -0.122. The van der Waals surface area contributed by atoms with Gasteiger partial charge in [0.1, 0.15) is 0 Å². The summed E-state index contributed by atoms with van der Waals surface area (Å²) in [4.78, 5) is 11.9. The van der Waals surface area contributed by atoms with Crippen molar-refractivity contribution in [2.75, 3.05) is 6.54 Å². The highest BCUT2D eigenvalue weighted by Crippen LogP contribution is 2.27. The summed E-state index contributed by atoms with van der Waals surface area (Å²) in [6.45, 7) is 5.07.